The molecule has 2 aromatic carbocycles. The average Bonchev–Trinajstić information content (AvgIpc) is 2.90. The number of amides is 1. The van der Waals surface area contributed by atoms with E-state index in [0.717, 1.165) is 17.4 Å². The summed E-state index contributed by atoms with van der Waals surface area (Å²) in [4.78, 5) is 25.9. The van der Waals surface area contributed by atoms with Crippen molar-refractivity contribution < 1.29 is 41.1 Å². The van der Waals surface area contributed by atoms with Gasteiger partial charge < -0.3 is 18.9 Å². The third-order valence-corrected chi connectivity index (χ3v) is 5.70. The molecule has 0 aromatic heterocycles. The highest BCUT2D eigenvalue weighted by Gasteiger charge is 2.20. The van der Waals surface area contributed by atoms with E-state index in [9.17, 15) is 18.0 Å². The monoisotopic (exact) mass is 589 g/mol. The standard InChI is InChI=1S/C30H39NO9S/c1-30(2,3)40-29(33)31(4)26-12-6-24(7-13-26)8-14-27(32)15-9-25-10-16-28(17-11-25)38-22-20-36-18-19-37-21-23-39-41(5,34)35/h6-17H,18-23H2,1-5H3/b14-8+,15-9+. The van der Waals surface area contributed by atoms with Crippen molar-refractivity contribution in [2.24, 2.45) is 0 Å². The van der Waals surface area contributed by atoms with E-state index >= 15 is 0 Å². The maximum atomic E-state index is 12.3. The zero-order chi connectivity index (χ0) is 30.3. The van der Waals surface area contributed by atoms with Gasteiger partial charge in [-0.15, -0.1) is 0 Å². The highest BCUT2D eigenvalue weighted by atomic mass is 32.2. The van der Waals surface area contributed by atoms with E-state index in [-0.39, 0.29) is 19.0 Å². The van der Waals surface area contributed by atoms with E-state index in [1.54, 1.807) is 43.5 Å². The number of carbonyl (C=O) groups is 2. The number of hydrogen-bond donors (Lipinski definition) is 0. The molecular formula is C30H39NO9S. The molecule has 0 spiro atoms. The largest absolute Gasteiger partial charge is 0.491 e. The number of hydrogen-bond acceptors (Lipinski definition) is 9. The number of carbonyl (C=O) groups excluding carboxylic acids is 2. The van der Waals surface area contributed by atoms with Crippen molar-refractivity contribution in [3.63, 3.8) is 0 Å². The summed E-state index contributed by atoms with van der Waals surface area (Å²) in [6.45, 7) is 6.99. The topological polar surface area (TPSA) is 118 Å². The summed E-state index contributed by atoms with van der Waals surface area (Å²) >= 11 is 0. The molecular weight excluding hydrogens is 550 g/mol. The lowest BCUT2D eigenvalue weighted by molar-refractivity contribution is -0.110. The van der Waals surface area contributed by atoms with Gasteiger partial charge in [0, 0.05) is 12.7 Å². The normalized spacial score (nSPS) is 12.1. The summed E-state index contributed by atoms with van der Waals surface area (Å²) in [6, 6.07) is 14.5. The Bertz CT molecular complexity index is 1260. The van der Waals surface area contributed by atoms with E-state index in [1.165, 1.54) is 17.1 Å². The van der Waals surface area contributed by atoms with Crippen LogP contribution in [-0.2, 0) is 33.3 Å². The van der Waals surface area contributed by atoms with Crippen LogP contribution in [0.2, 0.25) is 0 Å². The van der Waals surface area contributed by atoms with Crippen LogP contribution in [0.25, 0.3) is 12.2 Å². The molecule has 2 rings (SSSR count). The minimum absolute atomic E-state index is 0.0234. The highest BCUT2D eigenvalue weighted by Crippen LogP contribution is 2.18. The van der Waals surface area contributed by atoms with Crippen molar-refractivity contribution in [3.05, 3.63) is 71.8 Å². The molecule has 224 valence electrons. The molecule has 41 heavy (non-hydrogen) atoms. The SMILES string of the molecule is CN(C(=O)OC(C)(C)C)c1ccc(/C=C/C(=O)/C=C/c2ccc(OCCOCCOCCOS(C)(=O)=O)cc2)cc1. The lowest BCUT2D eigenvalue weighted by atomic mass is 10.1. The average molecular weight is 590 g/mol. The molecule has 1 amide bonds. The van der Waals surface area contributed by atoms with Crippen LogP contribution in [0, 0.1) is 0 Å². The van der Waals surface area contributed by atoms with Crippen LogP contribution in [-0.4, -0.2) is 78.8 Å². The smallest absolute Gasteiger partial charge is 0.414 e. The molecule has 10 nitrogen and oxygen atoms in total. The second-order valence-corrected chi connectivity index (χ2v) is 11.5. The lowest BCUT2D eigenvalue weighted by Crippen LogP contribution is -2.34. The molecule has 0 fully saturated rings. The van der Waals surface area contributed by atoms with Crippen molar-refractivity contribution in [2.45, 2.75) is 26.4 Å². The van der Waals surface area contributed by atoms with E-state index < -0.39 is 21.8 Å². The zero-order valence-corrected chi connectivity index (χ0v) is 25.0. The first-order chi connectivity index (χ1) is 19.3. The Labute approximate surface area is 242 Å². The molecule has 2 aromatic rings. The Kier molecular flexibility index (Phi) is 13.7. The van der Waals surface area contributed by atoms with Crippen molar-refractivity contribution in [1.29, 1.82) is 0 Å². The number of nitrogens with zero attached hydrogens (tertiary/aromatic N) is 1. The fourth-order valence-corrected chi connectivity index (χ4v) is 3.49. The van der Waals surface area contributed by atoms with E-state index in [0.29, 0.717) is 37.9 Å². The minimum Gasteiger partial charge on any atom is -0.491 e. The first kappa shape index (κ1) is 33.7. The summed E-state index contributed by atoms with van der Waals surface area (Å²) in [5, 5.41) is 0. The number of anilines is 1. The van der Waals surface area contributed by atoms with Gasteiger partial charge in [-0.1, -0.05) is 36.4 Å². The van der Waals surface area contributed by atoms with E-state index in [2.05, 4.69) is 4.18 Å². The van der Waals surface area contributed by atoms with Crippen LogP contribution < -0.4 is 9.64 Å². The third-order valence-electron chi connectivity index (χ3n) is 5.10. The Morgan fingerprint density at radius 2 is 1.27 bits per heavy atom. The third kappa shape index (κ3) is 15.2. The lowest BCUT2D eigenvalue weighted by Gasteiger charge is -2.24. The van der Waals surface area contributed by atoms with Gasteiger partial charge in [-0.05, 0) is 68.3 Å². The van der Waals surface area contributed by atoms with Gasteiger partial charge in [-0.25, -0.2) is 4.79 Å². The fraction of sp³-hybridized carbons (Fsp3) is 0.400. The first-order valence-corrected chi connectivity index (χ1v) is 14.8. The highest BCUT2D eigenvalue weighted by molar-refractivity contribution is 7.85. The molecule has 11 heteroatoms. The van der Waals surface area contributed by atoms with Crippen LogP contribution in [0.15, 0.2) is 60.7 Å². The summed E-state index contributed by atoms with van der Waals surface area (Å²) in [5.74, 6) is 0.510. The summed E-state index contributed by atoms with van der Waals surface area (Å²) in [7, 11) is -1.80. The molecule has 0 radical (unpaired) electrons. The number of benzene rings is 2. The minimum atomic E-state index is -3.45. The van der Waals surface area contributed by atoms with Gasteiger partial charge in [0.1, 0.15) is 18.0 Å². The second kappa shape index (κ2) is 16.7. The Morgan fingerprint density at radius 1 is 0.780 bits per heavy atom. The molecule has 0 atom stereocenters. The maximum Gasteiger partial charge on any atom is 0.414 e. The van der Waals surface area contributed by atoms with E-state index in [1.807, 2.05) is 45.0 Å². The fourth-order valence-electron chi connectivity index (χ4n) is 3.12. The van der Waals surface area contributed by atoms with Crippen molar-refractivity contribution in [1.82, 2.24) is 0 Å². The molecule has 0 aliphatic rings. The second-order valence-electron chi connectivity index (χ2n) is 9.87. The molecule has 0 aliphatic heterocycles. The Hall–Kier alpha value is -3.51. The Balaban J connectivity index is 1.68. The van der Waals surface area contributed by atoms with E-state index in [4.69, 9.17) is 18.9 Å². The Morgan fingerprint density at radius 3 is 1.78 bits per heavy atom. The van der Waals surface area contributed by atoms with Crippen molar-refractivity contribution in [3.8, 4) is 5.75 Å². The van der Waals surface area contributed by atoms with Gasteiger partial charge in [0.25, 0.3) is 10.1 Å². The number of allylic oxidation sites excluding steroid dienone is 2. The van der Waals surface area contributed by atoms with Gasteiger partial charge in [0.2, 0.25) is 0 Å². The van der Waals surface area contributed by atoms with Crippen LogP contribution in [0.1, 0.15) is 31.9 Å². The molecule has 0 saturated heterocycles. The van der Waals surface area contributed by atoms with Gasteiger partial charge in [-0.3, -0.25) is 13.9 Å². The number of rotatable bonds is 16. The quantitative estimate of drug-likeness (QED) is 0.155. The predicted octanol–water partition coefficient (Wildman–Crippen LogP) is 4.74. The summed E-state index contributed by atoms with van der Waals surface area (Å²) < 4.78 is 47.8. The molecule has 0 saturated carbocycles. The van der Waals surface area contributed by atoms with Gasteiger partial charge in [0.05, 0.1) is 39.3 Å². The zero-order valence-electron chi connectivity index (χ0n) is 24.2. The molecule has 0 bridgehead atoms. The summed E-state index contributed by atoms with van der Waals surface area (Å²) in [5.41, 5.74) is 1.78. The molecule has 0 N–H and O–H groups in total. The van der Waals surface area contributed by atoms with Gasteiger partial charge in [0.15, 0.2) is 5.78 Å². The van der Waals surface area contributed by atoms with Gasteiger partial charge >= 0.3 is 6.09 Å². The van der Waals surface area contributed by atoms with Crippen LogP contribution in [0.4, 0.5) is 10.5 Å². The maximum absolute atomic E-state index is 12.3. The summed E-state index contributed by atoms with van der Waals surface area (Å²) in [6.07, 6.45) is 6.95. The van der Waals surface area contributed by atoms with Gasteiger partial charge in [-0.2, -0.15) is 8.42 Å². The van der Waals surface area contributed by atoms with Crippen LogP contribution >= 0.6 is 0 Å². The number of ether oxygens (including phenoxy) is 4. The van der Waals surface area contributed by atoms with Crippen LogP contribution in [0.5, 0.6) is 5.75 Å². The first-order valence-electron chi connectivity index (χ1n) is 13.0. The van der Waals surface area contributed by atoms with Crippen molar-refractivity contribution in [2.75, 3.05) is 57.8 Å². The van der Waals surface area contributed by atoms with Crippen LogP contribution in [0.3, 0.4) is 0 Å². The molecule has 0 aliphatic carbocycles. The van der Waals surface area contributed by atoms with Crippen molar-refractivity contribution >= 4 is 39.8 Å². The molecule has 0 unspecified atom stereocenters. The number of ketones is 1. The predicted molar refractivity (Wildman–Crippen MR) is 159 cm³/mol. The molecule has 0 heterocycles.